The van der Waals surface area contributed by atoms with Crippen molar-refractivity contribution < 1.29 is 24.2 Å². The maximum absolute atomic E-state index is 12.7. The highest BCUT2D eigenvalue weighted by Gasteiger charge is 2.60. The number of hydrogen-bond donors (Lipinski definition) is 2. The van der Waals surface area contributed by atoms with Crippen LogP contribution in [0.3, 0.4) is 0 Å². The van der Waals surface area contributed by atoms with Gasteiger partial charge >= 0.3 is 5.97 Å². The molecule has 2 aliphatic rings. The fourth-order valence-electron chi connectivity index (χ4n) is 3.95. The van der Waals surface area contributed by atoms with Crippen LogP contribution in [-0.2, 0) is 9.59 Å². The minimum Gasteiger partial charge on any atom is -0.477 e. The van der Waals surface area contributed by atoms with Crippen LogP contribution < -0.4 is 0 Å². The number of carboxylic acids is 1. The van der Waals surface area contributed by atoms with E-state index in [2.05, 4.69) is 4.98 Å². The van der Waals surface area contributed by atoms with Gasteiger partial charge in [-0.15, -0.1) is 11.3 Å². The van der Waals surface area contributed by atoms with Gasteiger partial charge in [-0.3, -0.25) is 9.20 Å². The number of carboxylic acid groups (broad SMARTS) is 1. The van der Waals surface area contributed by atoms with Crippen molar-refractivity contribution >= 4 is 45.4 Å². The average molecular weight is 397 g/mol. The highest BCUT2D eigenvalue weighted by Crippen LogP contribution is 2.51. The Kier molecular flexibility index (Phi) is 4.08. The second-order valence-electron chi connectivity index (χ2n) is 6.43. The molecule has 1 fully saturated rings. The van der Waals surface area contributed by atoms with Gasteiger partial charge in [0.05, 0.1) is 22.9 Å². The molecule has 10 heteroatoms. The Labute approximate surface area is 156 Å². The molecule has 2 N–H and O–H groups in total. The molecule has 138 valence electrons. The molecule has 0 aliphatic carbocycles. The maximum Gasteiger partial charge on any atom is 0.352 e. The molecule has 2 aliphatic heterocycles. The third-order valence-corrected chi connectivity index (χ3v) is 6.96. The summed E-state index contributed by atoms with van der Waals surface area (Å²) in [6, 6.07) is -0.956. The topological polar surface area (TPSA) is 95.1 Å². The number of thioether (sulfide) groups is 1. The summed E-state index contributed by atoms with van der Waals surface area (Å²) in [5.41, 5.74) is 0.547. The summed E-state index contributed by atoms with van der Waals surface area (Å²) < 4.78 is 14.4. The molecule has 26 heavy (non-hydrogen) atoms. The monoisotopic (exact) mass is 397 g/mol. The number of thiazole rings is 1. The molecular weight excluding hydrogens is 381 g/mol. The summed E-state index contributed by atoms with van der Waals surface area (Å²) in [5, 5.41) is 20.2. The fraction of sp³-hybridized carbons (Fsp3) is 0.438. The van der Waals surface area contributed by atoms with Gasteiger partial charge in [0.25, 0.3) is 0 Å². The number of fused-ring (bicyclic) bond motifs is 2. The summed E-state index contributed by atoms with van der Waals surface area (Å²) in [7, 11) is 0. The first-order chi connectivity index (χ1) is 12.4. The Morgan fingerprint density at radius 2 is 2.27 bits per heavy atom. The predicted molar refractivity (Wildman–Crippen MR) is 94.4 cm³/mol. The average Bonchev–Trinajstić information content (AvgIpc) is 3.19. The van der Waals surface area contributed by atoms with Crippen molar-refractivity contribution in [2.75, 3.05) is 6.01 Å². The molecule has 0 spiro atoms. The van der Waals surface area contributed by atoms with Gasteiger partial charge in [-0.1, -0.05) is 18.7 Å². The molecule has 4 atom stereocenters. The van der Waals surface area contributed by atoms with E-state index in [1.807, 2.05) is 6.92 Å². The number of aliphatic hydroxyl groups is 1. The van der Waals surface area contributed by atoms with E-state index >= 15 is 0 Å². The van der Waals surface area contributed by atoms with E-state index in [0.29, 0.717) is 15.5 Å². The standard InChI is InChI=1S/C16H16FN3O4S2/c1-6-9(8-3-19-5-18-13(25-4-17)15(19)26-8)12(16(23)24)20-11(6)10(7(2)21)14(20)22/h3,5-7,10-11,21H,4H2,1-2H3,(H,23,24)/t6-,7+,10+,11+/m0/s1. The van der Waals surface area contributed by atoms with Gasteiger partial charge in [-0.25, -0.2) is 14.2 Å². The van der Waals surface area contributed by atoms with Gasteiger partial charge in [0.1, 0.15) is 27.9 Å². The number of rotatable bonds is 5. The first-order valence-electron chi connectivity index (χ1n) is 8.01. The van der Waals surface area contributed by atoms with Crippen molar-refractivity contribution in [1.29, 1.82) is 0 Å². The summed E-state index contributed by atoms with van der Waals surface area (Å²) >= 11 is 2.30. The van der Waals surface area contributed by atoms with E-state index in [1.165, 1.54) is 16.2 Å². The van der Waals surface area contributed by atoms with E-state index in [-0.39, 0.29) is 23.6 Å². The molecule has 0 unspecified atom stereocenters. The normalized spacial score (nSPS) is 26.4. The first-order valence-corrected chi connectivity index (χ1v) is 9.81. The van der Waals surface area contributed by atoms with Gasteiger partial charge in [0, 0.05) is 17.7 Å². The number of β-lactam (4-membered cyclic amide) rings is 1. The quantitative estimate of drug-likeness (QED) is 0.592. The molecule has 1 amide bonds. The molecular formula is C16H16FN3O4S2. The number of alkyl halides is 1. The van der Waals surface area contributed by atoms with Crippen molar-refractivity contribution in [2.24, 2.45) is 11.8 Å². The van der Waals surface area contributed by atoms with Crippen LogP contribution in [0.2, 0.25) is 0 Å². The Hall–Kier alpha value is -1.91. The largest absolute Gasteiger partial charge is 0.477 e. The number of aliphatic hydroxyl groups excluding tert-OH is 1. The molecule has 2 aromatic heterocycles. The van der Waals surface area contributed by atoms with Crippen molar-refractivity contribution in [2.45, 2.75) is 31.0 Å². The van der Waals surface area contributed by atoms with Gasteiger partial charge in [-0.05, 0) is 6.92 Å². The van der Waals surface area contributed by atoms with Crippen molar-refractivity contribution in [3.8, 4) is 0 Å². The Balaban J connectivity index is 1.82. The number of amides is 1. The summed E-state index contributed by atoms with van der Waals surface area (Å²) in [6.45, 7) is 3.42. The number of nitrogens with zero attached hydrogens (tertiary/aromatic N) is 3. The van der Waals surface area contributed by atoms with E-state index in [4.69, 9.17) is 0 Å². The van der Waals surface area contributed by atoms with Crippen LogP contribution in [0.5, 0.6) is 0 Å². The third-order valence-electron chi connectivity index (χ3n) is 5.01. The molecule has 0 aromatic carbocycles. The van der Waals surface area contributed by atoms with Crippen LogP contribution in [0.25, 0.3) is 10.4 Å². The fourth-order valence-corrected chi connectivity index (χ4v) is 5.81. The lowest BCUT2D eigenvalue weighted by atomic mass is 9.77. The van der Waals surface area contributed by atoms with Crippen molar-refractivity contribution in [3.05, 3.63) is 23.1 Å². The number of carbonyl (C=O) groups is 2. The van der Waals surface area contributed by atoms with Gasteiger partial charge < -0.3 is 15.1 Å². The van der Waals surface area contributed by atoms with Crippen LogP contribution in [0, 0.1) is 11.8 Å². The van der Waals surface area contributed by atoms with Crippen LogP contribution in [0.1, 0.15) is 18.7 Å². The lowest BCUT2D eigenvalue weighted by molar-refractivity contribution is -0.163. The minimum atomic E-state index is -1.17. The maximum atomic E-state index is 12.7. The van der Waals surface area contributed by atoms with E-state index in [9.17, 15) is 24.2 Å². The van der Waals surface area contributed by atoms with Crippen LogP contribution in [-0.4, -0.2) is 54.5 Å². The number of aromatic nitrogens is 2. The Morgan fingerprint density at radius 3 is 2.88 bits per heavy atom. The lowest BCUT2D eigenvalue weighted by Gasteiger charge is -2.46. The zero-order valence-corrected chi connectivity index (χ0v) is 15.6. The van der Waals surface area contributed by atoms with Crippen molar-refractivity contribution in [1.82, 2.24) is 14.3 Å². The van der Waals surface area contributed by atoms with Gasteiger partial charge in [0.2, 0.25) is 5.91 Å². The Bertz CT molecular complexity index is 951. The number of hydrogen-bond acceptors (Lipinski definition) is 6. The van der Waals surface area contributed by atoms with E-state index < -0.39 is 24.0 Å². The molecule has 2 aromatic rings. The van der Waals surface area contributed by atoms with E-state index in [1.54, 1.807) is 23.8 Å². The number of carbonyl (C=O) groups excluding carboxylic acids is 1. The number of aliphatic carboxylic acids is 1. The molecule has 0 saturated carbocycles. The highest BCUT2D eigenvalue weighted by atomic mass is 32.2. The zero-order valence-electron chi connectivity index (χ0n) is 13.9. The molecule has 7 nitrogen and oxygen atoms in total. The molecule has 4 heterocycles. The summed E-state index contributed by atoms with van der Waals surface area (Å²) in [5.74, 6) is -2.35. The second-order valence-corrected chi connectivity index (χ2v) is 8.36. The Morgan fingerprint density at radius 1 is 1.54 bits per heavy atom. The SMILES string of the molecule is C[C@@H](O)[C@H]1C(=O)N2C(C(=O)O)=C(c3cn4cnc(SCF)c4s3)[C@H](C)[C@H]12. The summed E-state index contributed by atoms with van der Waals surface area (Å²) in [6.07, 6.45) is 2.49. The molecule has 0 bridgehead atoms. The molecule has 0 radical (unpaired) electrons. The minimum absolute atomic E-state index is 0.0263. The van der Waals surface area contributed by atoms with Gasteiger partial charge in [0.15, 0.2) is 0 Å². The number of halogens is 1. The third kappa shape index (κ3) is 2.25. The lowest BCUT2D eigenvalue weighted by Crippen LogP contribution is -2.63. The van der Waals surface area contributed by atoms with Crippen LogP contribution in [0.4, 0.5) is 4.39 Å². The smallest absolute Gasteiger partial charge is 0.352 e. The molecule has 1 saturated heterocycles. The molecule has 4 rings (SSSR count). The van der Waals surface area contributed by atoms with Crippen molar-refractivity contribution in [3.63, 3.8) is 0 Å². The summed E-state index contributed by atoms with van der Waals surface area (Å²) in [4.78, 5) is 31.2. The van der Waals surface area contributed by atoms with Crippen LogP contribution in [0.15, 0.2) is 23.2 Å². The predicted octanol–water partition coefficient (Wildman–Crippen LogP) is 2.07. The second kappa shape index (κ2) is 6.07. The zero-order chi connectivity index (χ0) is 18.7. The first kappa shape index (κ1) is 17.5. The van der Waals surface area contributed by atoms with E-state index in [0.717, 1.165) is 16.6 Å². The van der Waals surface area contributed by atoms with Gasteiger partial charge in [-0.2, -0.15) is 0 Å². The number of imidazole rings is 1. The van der Waals surface area contributed by atoms with Crippen LogP contribution >= 0.6 is 23.1 Å². The highest BCUT2D eigenvalue weighted by molar-refractivity contribution is 7.99.